The summed E-state index contributed by atoms with van der Waals surface area (Å²) in [4.78, 5) is 6.91. The first-order chi connectivity index (χ1) is 13.7. The highest BCUT2D eigenvalue weighted by Gasteiger charge is 2.19. The first-order valence-electron chi connectivity index (χ1n) is 8.89. The maximum Gasteiger partial charge on any atom is 0.209 e. The van der Waals surface area contributed by atoms with Crippen molar-refractivity contribution in [2.24, 2.45) is 0 Å². The van der Waals surface area contributed by atoms with Gasteiger partial charge in [0.25, 0.3) is 0 Å². The predicted octanol–water partition coefficient (Wildman–Crippen LogP) is 3.51. The summed E-state index contributed by atoms with van der Waals surface area (Å²) in [7, 11) is 0. The van der Waals surface area contributed by atoms with Gasteiger partial charge in [0.2, 0.25) is 5.13 Å². The van der Waals surface area contributed by atoms with Crippen molar-refractivity contribution < 1.29 is 4.74 Å². The lowest BCUT2D eigenvalue weighted by molar-refractivity contribution is 0.122. The highest BCUT2D eigenvalue weighted by atomic mass is 32.2. The van der Waals surface area contributed by atoms with Gasteiger partial charge < -0.3 is 9.64 Å². The molecule has 7 nitrogen and oxygen atoms in total. The zero-order valence-electron chi connectivity index (χ0n) is 15.1. The van der Waals surface area contributed by atoms with Gasteiger partial charge in [0.05, 0.1) is 34.8 Å². The number of hydrogen-bond donors (Lipinski definition) is 0. The molecule has 0 bridgehead atoms. The molecule has 0 unspecified atom stereocenters. The van der Waals surface area contributed by atoms with Crippen molar-refractivity contribution in [2.75, 3.05) is 31.2 Å². The van der Waals surface area contributed by atoms with E-state index in [2.05, 4.69) is 21.2 Å². The van der Waals surface area contributed by atoms with Crippen LogP contribution in [0.2, 0.25) is 0 Å². The van der Waals surface area contributed by atoms with Crippen LogP contribution < -0.4 is 4.90 Å². The van der Waals surface area contributed by atoms with Crippen LogP contribution in [0.4, 0.5) is 5.13 Å². The number of benzene rings is 1. The molecule has 3 aromatic heterocycles. The molecule has 0 radical (unpaired) electrons. The van der Waals surface area contributed by atoms with Gasteiger partial charge in [-0.15, -0.1) is 10.2 Å². The number of aromatic nitrogens is 4. The number of imidazole rings is 1. The maximum atomic E-state index is 9.62. The molecule has 0 saturated carbocycles. The third-order valence-electron chi connectivity index (χ3n) is 4.72. The van der Waals surface area contributed by atoms with E-state index >= 15 is 0 Å². The van der Waals surface area contributed by atoms with E-state index in [0.717, 1.165) is 57.4 Å². The van der Waals surface area contributed by atoms with E-state index in [1.165, 1.54) is 0 Å². The van der Waals surface area contributed by atoms with Crippen LogP contribution in [0.1, 0.15) is 11.1 Å². The summed E-state index contributed by atoms with van der Waals surface area (Å²) < 4.78 is 8.32. The Hall–Kier alpha value is -2.67. The van der Waals surface area contributed by atoms with Gasteiger partial charge in [-0.2, -0.15) is 5.26 Å². The van der Waals surface area contributed by atoms with Crippen LogP contribution in [0, 0.1) is 18.3 Å². The van der Waals surface area contributed by atoms with Crippen molar-refractivity contribution in [1.82, 2.24) is 19.6 Å². The third kappa shape index (κ3) is 2.90. The first-order valence-corrected chi connectivity index (χ1v) is 10.5. The van der Waals surface area contributed by atoms with Crippen LogP contribution in [-0.2, 0) is 4.74 Å². The number of rotatable bonds is 3. The van der Waals surface area contributed by atoms with Crippen molar-refractivity contribution in [2.45, 2.75) is 16.3 Å². The summed E-state index contributed by atoms with van der Waals surface area (Å²) in [6, 6.07) is 12.3. The largest absolute Gasteiger partial charge is 0.378 e. The molecule has 0 spiro atoms. The second kappa shape index (κ2) is 7.05. The lowest BCUT2D eigenvalue weighted by Crippen LogP contribution is -2.36. The quantitative estimate of drug-likeness (QED) is 0.513. The normalized spacial score (nSPS) is 14.6. The number of nitrogens with zero attached hydrogens (tertiary/aromatic N) is 6. The van der Waals surface area contributed by atoms with E-state index in [1.54, 1.807) is 23.1 Å². The monoisotopic (exact) mass is 408 g/mol. The third-order valence-corrected chi connectivity index (χ3v) is 6.76. The smallest absolute Gasteiger partial charge is 0.209 e. The SMILES string of the molecule is Cc1cc(Sc2nnc(N3CCOCC3)s2)n2c(nc3ccccc32)c1C#N. The second-order valence-corrected chi connectivity index (χ2v) is 8.69. The van der Waals surface area contributed by atoms with Gasteiger partial charge in [0, 0.05) is 13.1 Å². The van der Waals surface area contributed by atoms with Crippen molar-refractivity contribution in [1.29, 1.82) is 5.26 Å². The topological polar surface area (TPSA) is 79.3 Å². The van der Waals surface area contributed by atoms with Gasteiger partial charge >= 0.3 is 0 Å². The Bertz CT molecular complexity index is 1220. The minimum atomic E-state index is 0.604. The molecular formula is C19H16N6OS2. The summed E-state index contributed by atoms with van der Waals surface area (Å²) >= 11 is 3.13. The minimum absolute atomic E-state index is 0.604. The molecule has 0 aliphatic carbocycles. The summed E-state index contributed by atoms with van der Waals surface area (Å²) in [5, 5.41) is 20.3. The molecular weight excluding hydrogens is 392 g/mol. The van der Waals surface area contributed by atoms with Crippen molar-refractivity contribution in [3.05, 3.63) is 41.5 Å². The van der Waals surface area contributed by atoms with Crippen molar-refractivity contribution in [3.8, 4) is 6.07 Å². The molecule has 140 valence electrons. The van der Waals surface area contributed by atoms with Crippen LogP contribution in [0.3, 0.4) is 0 Å². The van der Waals surface area contributed by atoms with E-state index < -0.39 is 0 Å². The summed E-state index contributed by atoms with van der Waals surface area (Å²) in [6.07, 6.45) is 0. The van der Waals surface area contributed by atoms with Crippen LogP contribution >= 0.6 is 23.1 Å². The number of aryl methyl sites for hydroxylation is 1. The Morgan fingerprint density at radius 3 is 2.86 bits per heavy atom. The fourth-order valence-electron chi connectivity index (χ4n) is 3.34. The van der Waals surface area contributed by atoms with Gasteiger partial charge in [-0.3, -0.25) is 4.40 Å². The van der Waals surface area contributed by atoms with Crippen LogP contribution in [-0.4, -0.2) is 45.9 Å². The Labute approximate surface area is 169 Å². The van der Waals surface area contributed by atoms with Gasteiger partial charge in [0.15, 0.2) is 9.99 Å². The highest BCUT2D eigenvalue weighted by molar-refractivity contribution is 8.01. The zero-order valence-corrected chi connectivity index (χ0v) is 16.8. The fraction of sp³-hybridized carbons (Fsp3) is 0.263. The first kappa shape index (κ1) is 17.4. The number of ether oxygens (including phenoxy) is 1. The standard InChI is InChI=1S/C19H16N6OS2/c1-12-10-16(27-19-23-22-18(28-19)24-6-8-26-9-7-24)25-15-5-3-2-4-14(15)21-17(25)13(12)11-20/h2-5,10H,6-9H2,1H3. The lowest BCUT2D eigenvalue weighted by Gasteiger charge is -2.25. The maximum absolute atomic E-state index is 9.62. The second-order valence-electron chi connectivity index (χ2n) is 6.46. The van der Waals surface area contributed by atoms with E-state index in [0.29, 0.717) is 11.2 Å². The number of nitriles is 1. The van der Waals surface area contributed by atoms with E-state index in [9.17, 15) is 5.26 Å². The predicted molar refractivity (Wildman–Crippen MR) is 109 cm³/mol. The average Bonchev–Trinajstić information content (AvgIpc) is 3.33. The molecule has 4 heterocycles. The Kier molecular flexibility index (Phi) is 4.39. The molecule has 1 fully saturated rings. The summed E-state index contributed by atoms with van der Waals surface area (Å²) in [5.41, 5.74) is 4.05. The van der Waals surface area contributed by atoms with Crippen LogP contribution in [0.25, 0.3) is 16.7 Å². The number of hydrogen-bond acceptors (Lipinski definition) is 8. The molecule has 1 aliphatic heterocycles. The molecule has 4 aromatic rings. The number of anilines is 1. The molecule has 0 amide bonds. The van der Waals surface area contributed by atoms with E-state index in [1.807, 2.05) is 41.7 Å². The molecule has 1 aromatic carbocycles. The highest BCUT2D eigenvalue weighted by Crippen LogP contribution is 2.36. The lowest BCUT2D eigenvalue weighted by atomic mass is 10.2. The molecule has 0 atom stereocenters. The number of fused-ring (bicyclic) bond motifs is 3. The Morgan fingerprint density at radius 2 is 2.04 bits per heavy atom. The molecule has 5 rings (SSSR count). The molecule has 1 aliphatic rings. The molecule has 28 heavy (non-hydrogen) atoms. The fourth-order valence-corrected chi connectivity index (χ4v) is 5.39. The van der Waals surface area contributed by atoms with Gasteiger partial charge in [-0.1, -0.05) is 23.5 Å². The van der Waals surface area contributed by atoms with Gasteiger partial charge in [-0.05, 0) is 42.4 Å². The number of morpholine rings is 1. The molecule has 0 N–H and O–H groups in total. The summed E-state index contributed by atoms with van der Waals surface area (Å²) in [5.74, 6) is 0. The van der Waals surface area contributed by atoms with Crippen molar-refractivity contribution in [3.63, 3.8) is 0 Å². The van der Waals surface area contributed by atoms with Gasteiger partial charge in [0.1, 0.15) is 6.07 Å². The molecule has 9 heteroatoms. The summed E-state index contributed by atoms with van der Waals surface area (Å²) in [6.45, 7) is 5.07. The number of pyridine rings is 1. The average molecular weight is 409 g/mol. The van der Waals surface area contributed by atoms with E-state index in [-0.39, 0.29) is 0 Å². The van der Waals surface area contributed by atoms with Gasteiger partial charge in [-0.25, -0.2) is 4.98 Å². The van der Waals surface area contributed by atoms with Crippen LogP contribution in [0.5, 0.6) is 0 Å². The Morgan fingerprint density at radius 1 is 1.21 bits per heavy atom. The van der Waals surface area contributed by atoms with Crippen LogP contribution in [0.15, 0.2) is 39.7 Å². The molecule has 1 saturated heterocycles. The van der Waals surface area contributed by atoms with E-state index in [4.69, 9.17) is 9.72 Å². The number of para-hydroxylation sites is 2. The van der Waals surface area contributed by atoms with Crippen molar-refractivity contribution >= 4 is 44.9 Å². The Balaban J connectivity index is 1.59. The minimum Gasteiger partial charge on any atom is -0.378 e. The zero-order chi connectivity index (χ0) is 19.1.